The van der Waals surface area contributed by atoms with Crippen molar-refractivity contribution in [3.63, 3.8) is 0 Å². The second-order valence-electron chi connectivity index (χ2n) is 5.79. The first-order valence-electron chi connectivity index (χ1n) is 7.67. The summed E-state index contributed by atoms with van der Waals surface area (Å²) in [5.74, 6) is 1.82. The van der Waals surface area contributed by atoms with Crippen LogP contribution < -0.4 is 5.73 Å². The second-order valence-corrected chi connectivity index (χ2v) is 5.79. The topological polar surface area (TPSA) is 72.4 Å². The number of carbonyl (C=O) groups excluding carboxylic acids is 1. The van der Waals surface area contributed by atoms with Gasteiger partial charge in [0.2, 0.25) is 11.8 Å². The van der Waals surface area contributed by atoms with Gasteiger partial charge in [-0.1, -0.05) is 18.2 Å². The standard InChI is InChI=1S/C17H21N3O2/c1-12-15(9-16(21)20-8-7-13(10-18)11-20)19-17(22-12)14-5-3-2-4-6-14/h2-6,13H,7-11,18H2,1H3. The Morgan fingerprint density at radius 2 is 2.18 bits per heavy atom. The van der Waals surface area contributed by atoms with E-state index in [1.807, 2.05) is 42.2 Å². The maximum atomic E-state index is 12.4. The molecule has 1 amide bonds. The number of likely N-dealkylation sites (tertiary alicyclic amines) is 1. The quantitative estimate of drug-likeness (QED) is 0.937. The fourth-order valence-corrected chi connectivity index (χ4v) is 2.80. The molecule has 0 radical (unpaired) electrons. The summed E-state index contributed by atoms with van der Waals surface area (Å²) in [6.07, 6.45) is 1.29. The zero-order chi connectivity index (χ0) is 15.5. The van der Waals surface area contributed by atoms with Gasteiger partial charge in [-0.3, -0.25) is 4.79 Å². The summed E-state index contributed by atoms with van der Waals surface area (Å²) in [5, 5.41) is 0. The Morgan fingerprint density at radius 1 is 1.41 bits per heavy atom. The van der Waals surface area contributed by atoms with Crippen LogP contribution in [0.25, 0.3) is 11.5 Å². The molecule has 2 heterocycles. The monoisotopic (exact) mass is 299 g/mol. The first-order chi connectivity index (χ1) is 10.7. The van der Waals surface area contributed by atoms with Crippen molar-refractivity contribution in [3.05, 3.63) is 41.8 Å². The Morgan fingerprint density at radius 3 is 2.86 bits per heavy atom. The number of benzene rings is 1. The van der Waals surface area contributed by atoms with E-state index in [0.717, 1.165) is 30.8 Å². The van der Waals surface area contributed by atoms with Crippen molar-refractivity contribution in [3.8, 4) is 11.5 Å². The van der Waals surface area contributed by atoms with E-state index in [1.165, 1.54) is 0 Å². The fraction of sp³-hybridized carbons (Fsp3) is 0.412. The van der Waals surface area contributed by atoms with E-state index < -0.39 is 0 Å². The third kappa shape index (κ3) is 3.04. The van der Waals surface area contributed by atoms with Crippen molar-refractivity contribution in [2.45, 2.75) is 19.8 Å². The van der Waals surface area contributed by atoms with Crippen molar-refractivity contribution in [2.24, 2.45) is 11.7 Å². The van der Waals surface area contributed by atoms with Crippen LogP contribution in [0.3, 0.4) is 0 Å². The van der Waals surface area contributed by atoms with E-state index in [0.29, 0.717) is 30.5 Å². The van der Waals surface area contributed by atoms with E-state index in [-0.39, 0.29) is 5.91 Å². The van der Waals surface area contributed by atoms with Crippen LogP contribution in [0.2, 0.25) is 0 Å². The number of nitrogens with zero attached hydrogens (tertiary/aromatic N) is 2. The molecule has 0 aliphatic carbocycles. The van der Waals surface area contributed by atoms with E-state index in [1.54, 1.807) is 0 Å². The Bertz CT molecular complexity index is 651. The lowest BCUT2D eigenvalue weighted by Gasteiger charge is -2.15. The van der Waals surface area contributed by atoms with Crippen molar-refractivity contribution < 1.29 is 9.21 Å². The van der Waals surface area contributed by atoms with Crippen LogP contribution in [0.15, 0.2) is 34.7 Å². The van der Waals surface area contributed by atoms with Crippen LogP contribution in [-0.4, -0.2) is 35.4 Å². The van der Waals surface area contributed by atoms with Crippen molar-refractivity contribution in [1.29, 1.82) is 0 Å². The molecule has 0 bridgehead atoms. The Balaban J connectivity index is 1.71. The smallest absolute Gasteiger partial charge is 0.228 e. The molecule has 1 fully saturated rings. The molecule has 1 aromatic carbocycles. The highest BCUT2D eigenvalue weighted by Crippen LogP contribution is 2.23. The average molecular weight is 299 g/mol. The molecule has 0 saturated carbocycles. The minimum Gasteiger partial charge on any atom is -0.441 e. The zero-order valence-electron chi connectivity index (χ0n) is 12.8. The molecule has 22 heavy (non-hydrogen) atoms. The summed E-state index contributed by atoms with van der Waals surface area (Å²) in [5.41, 5.74) is 7.32. The number of aryl methyl sites for hydroxylation is 1. The van der Waals surface area contributed by atoms with Gasteiger partial charge in [-0.25, -0.2) is 4.98 Å². The maximum Gasteiger partial charge on any atom is 0.228 e. The number of rotatable bonds is 4. The van der Waals surface area contributed by atoms with Crippen LogP contribution in [-0.2, 0) is 11.2 Å². The zero-order valence-corrected chi connectivity index (χ0v) is 12.8. The molecule has 5 heteroatoms. The molecular formula is C17H21N3O2. The first kappa shape index (κ1) is 14.8. The predicted octanol–water partition coefficient (Wildman–Crippen LogP) is 2.00. The largest absolute Gasteiger partial charge is 0.441 e. The van der Waals surface area contributed by atoms with Gasteiger partial charge in [0.25, 0.3) is 0 Å². The number of amides is 1. The van der Waals surface area contributed by atoms with E-state index in [9.17, 15) is 4.79 Å². The Labute approximate surface area is 130 Å². The normalized spacial score (nSPS) is 17.9. The molecule has 1 aliphatic heterocycles. The van der Waals surface area contributed by atoms with Crippen LogP contribution in [0.5, 0.6) is 0 Å². The van der Waals surface area contributed by atoms with Gasteiger partial charge in [0, 0.05) is 18.7 Å². The van der Waals surface area contributed by atoms with Crippen LogP contribution in [0.1, 0.15) is 17.9 Å². The molecule has 1 unspecified atom stereocenters. The second kappa shape index (κ2) is 6.32. The predicted molar refractivity (Wildman–Crippen MR) is 84.1 cm³/mol. The molecule has 0 spiro atoms. The number of aromatic nitrogens is 1. The molecule has 116 valence electrons. The van der Waals surface area contributed by atoms with Crippen LogP contribution in [0, 0.1) is 12.8 Å². The van der Waals surface area contributed by atoms with Crippen molar-refractivity contribution >= 4 is 5.91 Å². The highest BCUT2D eigenvalue weighted by Gasteiger charge is 2.26. The number of hydrogen-bond acceptors (Lipinski definition) is 4. The van der Waals surface area contributed by atoms with Gasteiger partial charge in [0.05, 0.1) is 12.1 Å². The molecule has 1 aromatic heterocycles. The van der Waals surface area contributed by atoms with Gasteiger partial charge >= 0.3 is 0 Å². The van der Waals surface area contributed by atoms with E-state index in [4.69, 9.17) is 10.2 Å². The lowest BCUT2D eigenvalue weighted by atomic mass is 10.1. The van der Waals surface area contributed by atoms with Crippen LogP contribution >= 0.6 is 0 Å². The summed E-state index contributed by atoms with van der Waals surface area (Å²) < 4.78 is 5.70. The van der Waals surface area contributed by atoms with Gasteiger partial charge < -0.3 is 15.1 Å². The van der Waals surface area contributed by atoms with Crippen molar-refractivity contribution in [1.82, 2.24) is 9.88 Å². The lowest BCUT2D eigenvalue weighted by Crippen LogP contribution is -2.31. The molecule has 5 nitrogen and oxygen atoms in total. The average Bonchev–Trinajstić information content (AvgIpc) is 3.15. The summed E-state index contributed by atoms with van der Waals surface area (Å²) in [6, 6.07) is 9.73. The summed E-state index contributed by atoms with van der Waals surface area (Å²) in [6.45, 7) is 4.06. The molecule has 1 saturated heterocycles. The minimum atomic E-state index is 0.104. The number of carbonyl (C=O) groups is 1. The molecule has 2 aromatic rings. The Kier molecular flexibility index (Phi) is 4.24. The summed E-state index contributed by atoms with van der Waals surface area (Å²) in [7, 11) is 0. The highest BCUT2D eigenvalue weighted by molar-refractivity contribution is 5.79. The van der Waals surface area contributed by atoms with Crippen molar-refractivity contribution in [2.75, 3.05) is 19.6 Å². The molecule has 2 N–H and O–H groups in total. The van der Waals surface area contributed by atoms with Gasteiger partial charge in [-0.15, -0.1) is 0 Å². The number of oxazole rings is 1. The van der Waals surface area contributed by atoms with Crippen LogP contribution in [0.4, 0.5) is 0 Å². The lowest BCUT2D eigenvalue weighted by molar-refractivity contribution is -0.129. The molecule has 1 aliphatic rings. The molecular weight excluding hydrogens is 278 g/mol. The fourth-order valence-electron chi connectivity index (χ4n) is 2.80. The minimum absolute atomic E-state index is 0.104. The third-order valence-electron chi connectivity index (χ3n) is 4.20. The summed E-state index contributed by atoms with van der Waals surface area (Å²) in [4.78, 5) is 18.8. The Hall–Kier alpha value is -2.14. The SMILES string of the molecule is Cc1oc(-c2ccccc2)nc1CC(=O)N1CCC(CN)C1. The third-order valence-corrected chi connectivity index (χ3v) is 4.20. The maximum absolute atomic E-state index is 12.4. The van der Waals surface area contributed by atoms with Gasteiger partial charge in [-0.2, -0.15) is 0 Å². The van der Waals surface area contributed by atoms with Gasteiger partial charge in [0.15, 0.2) is 0 Å². The van der Waals surface area contributed by atoms with E-state index >= 15 is 0 Å². The molecule has 3 rings (SSSR count). The number of nitrogens with two attached hydrogens (primary N) is 1. The first-order valence-corrected chi connectivity index (χ1v) is 7.67. The van der Waals surface area contributed by atoms with Gasteiger partial charge in [0.1, 0.15) is 5.76 Å². The summed E-state index contributed by atoms with van der Waals surface area (Å²) >= 11 is 0. The number of hydrogen-bond donors (Lipinski definition) is 1. The highest BCUT2D eigenvalue weighted by atomic mass is 16.4. The van der Waals surface area contributed by atoms with Gasteiger partial charge in [-0.05, 0) is 37.9 Å². The van der Waals surface area contributed by atoms with E-state index in [2.05, 4.69) is 4.98 Å². The molecule has 1 atom stereocenters.